The SMILES string of the molecule is COC(=O)CCSC1=C(C(=O)OCc2ccc([N+](=O)[O-])cc2)N2C(=O)CC2C1. The van der Waals surface area contributed by atoms with Gasteiger partial charge < -0.3 is 14.4 Å². The molecule has 9 nitrogen and oxygen atoms in total. The van der Waals surface area contributed by atoms with E-state index < -0.39 is 10.9 Å². The molecule has 10 heteroatoms. The summed E-state index contributed by atoms with van der Waals surface area (Å²) in [6.45, 7) is -0.0624. The molecule has 0 aliphatic carbocycles. The van der Waals surface area contributed by atoms with Crippen LogP contribution in [0.5, 0.6) is 0 Å². The maximum absolute atomic E-state index is 12.6. The van der Waals surface area contributed by atoms with E-state index in [0.29, 0.717) is 24.2 Å². The number of nitro benzene ring substituents is 1. The van der Waals surface area contributed by atoms with Gasteiger partial charge in [0.2, 0.25) is 5.91 Å². The highest BCUT2D eigenvalue weighted by atomic mass is 32.2. The van der Waals surface area contributed by atoms with Crippen LogP contribution in [0.25, 0.3) is 0 Å². The van der Waals surface area contributed by atoms with Crippen LogP contribution in [0, 0.1) is 10.1 Å². The van der Waals surface area contributed by atoms with Crippen molar-refractivity contribution in [3.8, 4) is 0 Å². The Morgan fingerprint density at radius 3 is 2.61 bits per heavy atom. The molecule has 1 unspecified atom stereocenters. The maximum atomic E-state index is 12.6. The van der Waals surface area contributed by atoms with Gasteiger partial charge in [0, 0.05) is 35.6 Å². The second-order valence-electron chi connectivity index (χ2n) is 6.27. The predicted octanol–water partition coefficient (Wildman–Crippen LogP) is 2.15. The first-order valence-electron chi connectivity index (χ1n) is 8.56. The summed E-state index contributed by atoms with van der Waals surface area (Å²) in [5.41, 5.74) is 0.786. The van der Waals surface area contributed by atoms with Crippen LogP contribution >= 0.6 is 11.8 Å². The highest BCUT2D eigenvalue weighted by Gasteiger charge is 2.48. The summed E-state index contributed by atoms with van der Waals surface area (Å²) in [5.74, 6) is -0.645. The molecule has 0 saturated carbocycles. The van der Waals surface area contributed by atoms with E-state index in [1.807, 2.05) is 0 Å². The van der Waals surface area contributed by atoms with Gasteiger partial charge in [-0.25, -0.2) is 4.79 Å². The minimum atomic E-state index is -0.616. The molecule has 0 aromatic heterocycles. The van der Waals surface area contributed by atoms with Crippen molar-refractivity contribution in [3.63, 3.8) is 0 Å². The smallest absolute Gasteiger partial charge is 0.356 e. The van der Waals surface area contributed by atoms with E-state index in [0.717, 1.165) is 4.91 Å². The Morgan fingerprint density at radius 2 is 2.00 bits per heavy atom. The number of hydrogen-bond acceptors (Lipinski definition) is 8. The highest BCUT2D eigenvalue weighted by molar-refractivity contribution is 8.03. The number of esters is 2. The number of ether oxygens (including phenoxy) is 2. The first-order chi connectivity index (χ1) is 13.4. The number of nitro groups is 1. The number of fused-ring (bicyclic) bond motifs is 1. The van der Waals surface area contributed by atoms with Crippen LogP contribution in [0.1, 0.15) is 24.8 Å². The minimum absolute atomic E-state index is 0.0324. The Balaban J connectivity index is 1.65. The third-order valence-corrected chi connectivity index (χ3v) is 5.61. The van der Waals surface area contributed by atoms with Crippen molar-refractivity contribution in [3.05, 3.63) is 50.5 Å². The normalized spacial score (nSPS) is 17.8. The lowest BCUT2D eigenvalue weighted by atomic mass is 10.0. The van der Waals surface area contributed by atoms with Crippen LogP contribution in [0.15, 0.2) is 34.9 Å². The molecule has 148 valence electrons. The van der Waals surface area contributed by atoms with E-state index in [1.54, 1.807) is 0 Å². The topological polar surface area (TPSA) is 116 Å². The number of carbonyl (C=O) groups is 3. The molecule has 0 radical (unpaired) electrons. The van der Waals surface area contributed by atoms with Crippen LogP contribution in [0.2, 0.25) is 0 Å². The molecule has 0 bridgehead atoms. The monoisotopic (exact) mass is 406 g/mol. The number of nitrogens with zero attached hydrogens (tertiary/aromatic N) is 2. The Kier molecular flexibility index (Phi) is 5.98. The van der Waals surface area contributed by atoms with Gasteiger partial charge in [-0.3, -0.25) is 19.7 Å². The van der Waals surface area contributed by atoms with E-state index in [2.05, 4.69) is 4.74 Å². The molecule has 2 aliphatic rings. The number of carbonyl (C=O) groups excluding carboxylic acids is 3. The predicted molar refractivity (Wildman–Crippen MR) is 98.9 cm³/mol. The summed E-state index contributed by atoms with van der Waals surface area (Å²) in [4.78, 5) is 48.2. The quantitative estimate of drug-likeness (QED) is 0.279. The van der Waals surface area contributed by atoms with Crippen LogP contribution in [-0.4, -0.2) is 46.6 Å². The molecule has 2 heterocycles. The van der Waals surface area contributed by atoms with Crippen LogP contribution in [-0.2, 0) is 30.5 Å². The molecular weight excluding hydrogens is 388 g/mol. The van der Waals surface area contributed by atoms with Gasteiger partial charge in [-0.05, 0) is 17.7 Å². The molecule has 0 N–H and O–H groups in total. The van der Waals surface area contributed by atoms with Gasteiger partial charge in [-0.2, -0.15) is 0 Å². The zero-order valence-electron chi connectivity index (χ0n) is 15.1. The zero-order chi connectivity index (χ0) is 20.3. The molecule has 0 spiro atoms. The van der Waals surface area contributed by atoms with Gasteiger partial charge in [0.25, 0.3) is 5.69 Å². The Hall–Kier alpha value is -2.88. The molecular formula is C18H18N2O7S. The van der Waals surface area contributed by atoms with E-state index in [1.165, 1.54) is 48.0 Å². The summed E-state index contributed by atoms with van der Waals surface area (Å²) in [6.07, 6.45) is 1.16. The fraction of sp³-hybridized carbons (Fsp3) is 0.389. The third kappa shape index (κ3) is 4.16. The first-order valence-corrected chi connectivity index (χ1v) is 9.54. The van der Waals surface area contributed by atoms with Crippen molar-refractivity contribution in [1.29, 1.82) is 0 Å². The number of thioether (sulfide) groups is 1. The standard InChI is InChI=1S/C18H18N2O7S/c1-26-16(22)6-7-28-14-8-13-9-15(21)19(13)17(14)18(23)27-10-11-2-4-12(5-3-11)20(24)25/h2-5,13H,6-10H2,1H3. The molecule has 2 aliphatic heterocycles. The number of β-lactam (4-membered cyclic amide) rings is 1. The number of non-ortho nitro benzene ring substituents is 1. The van der Waals surface area contributed by atoms with Crippen LogP contribution < -0.4 is 0 Å². The summed E-state index contributed by atoms with van der Waals surface area (Å²) in [5, 5.41) is 10.7. The number of benzene rings is 1. The molecule has 1 aromatic rings. The van der Waals surface area contributed by atoms with Gasteiger partial charge in [0.05, 0.1) is 24.5 Å². The van der Waals surface area contributed by atoms with Gasteiger partial charge >= 0.3 is 11.9 Å². The van der Waals surface area contributed by atoms with E-state index >= 15 is 0 Å². The van der Waals surface area contributed by atoms with E-state index in [9.17, 15) is 24.5 Å². The molecule has 3 rings (SSSR count). The van der Waals surface area contributed by atoms with Crippen molar-refractivity contribution in [2.24, 2.45) is 0 Å². The molecule has 1 amide bonds. The lowest BCUT2D eigenvalue weighted by Gasteiger charge is -2.35. The van der Waals surface area contributed by atoms with E-state index in [-0.39, 0.29) is 42.3 Å². The largest absolute Gasteiger partial charge is 0.469 e. The third-order valence-electron chi connectivity index (χ3n) is 4.49. The van der Waals surface area contributed by atoms with Gasteiger partial charge in [0.1, 0.15) is 12.3 Å². The number of amides is 1. The van der Waals surface area contributed by atoms with Gasteiger partial charge in [-0.15, -0.1) is 11.8 Å². The second kappa shape index (κ2) is 8.42. The molecule has 1 atom stereocenters. The zero-order valence-corrected chi connectivity index (χ0v) is 15.9. The molecule has 28 heavy (non-hydrogen) atoms. The molecule has 1 saturated heterocycles. The van der Waals surface area contributed by atoms with Crippen molar-refractivity contribution in [2.45, 2.75) is 31.9 Å². The Morgan fingerprint density at radius 1 is 1.29 bits per heavy atom. The lowest BCUT2D eigenvalue weighted by Crippen LogP contribution is -2.49. The van der Waals surface area contributed by atoms with Gasteiger partial charge in [0.15, 0.2) is 0 Å². The highest BCUT2D eigenvalue weighted by Crippen LogP contribution is 2.43. The first kappa shape index (κ1) is 19.9. The van der Waals surface area contributed by atoms with Crippen LogP contribution in [0.3, 0.4) is 0 Å². The van der Waals surface area contributed by atoms with Crippen molar-refractivity contribution in [1.82, 2.24) is 4.90 Å². The second-order valence-corrected chi connectivity index (χ2v) is 7.46. The molecule has 1 aromatic carbocycles. The fourth-order valence-corrected chi connectivity index (χ4v) is 4.17. The number of methoxy groups -OCH3 is 1. The summed E-state index contributed by atoms with van der Waals surface area (Å²) in [6, 6.07) is 5.66. The van der Waals surface area contributed by atoms with Crippen molar-refractivity contribution < 1.29 is 28.8 Å². The van der Waals surface area contributed by atoms with E-state index in [4.69, 9.17) is 4.74 Å². The summed E-state index contributed by atoms with van der Waals surface area (Å²) in [7, 11) is 1.31. The maximum Gasteiger partial charge on any atom is 0.356 e. The number of rotatable bonds is 8. The van der Waals surface area contributed by atoms with Crippen LogP contribution in [0.4, 0.5) is 5.69 Å². The summed E-state index contributed by atoms with van der Waals surface area (Å²) >= 11 is 1.35. The minimum Gasteiger partial charge on any atom is -0.469 e. The Bertz CT molecular complexity index is 850. The summed E-state index contributed by atoms with van der Waals surface area (Å²) < 4.78 is 9.93. The average Bonchev–Trinajstić information content (AvgIpc) is 2.98. The number of hydrogen-bond donors (Lipinski definition) is 0. The average molecular weight is 406 g/mol. The van der Waals surface area contributed by atoms with Gasteiger partial charge in [-0.1, -0.05) is 0 Å². The van der Waals surface area contributed by atoms with Crippen molar-refractivity contribution >= 4 is 35.3 Å². The lowest BCUT2D eigenvalue weighted by molar-refractivity contribution is -0.384. The molecule has 1 fully saturated rings. The fourth-order valence-electron chi connectivity index (χ4n) is 3.03. The Labute approximate surface area is 164 Å². The van der Waals surface area contributed by atoms with Crippen molar-refractivity contribution in [2.75, 3.05) is 12.9 Å².